The number of nitrogens with zero attached hydrogens (tertiary/aromatic N) is 5. The number of nitrogens with two attached hydrogens (primary N) is 1. The molecule has 3 saturated heterocycles. The van der Waals surface area contributed by atoms with Crippen molar-refractivity contribution in [2.75, 3.05) is 46.6 Å². The zero-order valence-electron chi connectivity index (χ0n) is 41.5. The molecule has 1 aromatic heterocycles. The molecule has 0 aliphatic carbocycles. The molecule has 3 aromatic rings. The lowest BCUT2D eigenvalue weighted by Crippen LogP contribution is -2.61. The van der Waals surface area contributed by atoms with E-state index in [2.05, 4.69) is 27.9 Å². The Bertz CT molecular complexity index is 2150. The maximum absolute atomic E-state index is 14.6. The molecule has 0 bridgehead atoms. The lowest BCUT2D eigenvalue weighted by Gasteiger charge is -2.47. The van der Waals surface area contributed by atoms with E-state index < -0.39 is 71.5 Å². The number of aliphatic hydroxyl groups is 1. The van der Waals surface area contributed by atoms with Crippen LogP contribution in [0.5, 0.6) is 0 Å². The molecule has 68 heavy (non-hydrogen) atoms. The molecule has 3 fully saturated rings. The number of amides is 1. The summed E-state index contributed by atoms with van der Waals surface area (Å²) in [6, 6.07) is 12.5. The van der Waals surface area contributed by atoms with Gasteiger partial charge in [0.15, 0.2) is 17.7 Å². The minimum absolute atomic E-state index is 0.0639. The molecule has 3 aliphatic heterocycles. The number of nitrogen functional groups attached to an aromatic ring is 1. The number of ether oxygens (including phenoxy) is 5. The van der Waals surface area contributed by atoms with Gasteiger partial charge in [0.1, 0.15) is 29.6 Å². The molecule has 6 rings (SSSR count). The monoisotopic (exact) mass is 951 g/mol. The van der Waals surface area contributed by atoms with Crippen LogP contribution in [0.1, 0.15) is 86.1 Å². The number of esters is 1. The molecule has 0 saturated carbocycles. The summed E-state index contributed by atoms with van der Waals surface area (Å²) in [6.07, 6.45) is -0.576. The predicted molar refractivity (Wildman–Crippen MR) is 254 cm³/mol. The number of aryl methyl sites for hydroxylation is 1. The third-order valence-corrected chi connectivity index (χ3v) is 14.3. The van der Waals surface area contributed by atoms with E-state index in [-0.39, 0.29) is 29.9 Å². The molecule has 17 nitrogen and oxygen atoms in total. The topological polar surface area (TPSA) is 205 Å². The highest BCUT2D eigenvalue weighted by molar-refractivity contribution is 6.00. The molecule has 0 spiro atoms. The first kappa shape index (κ1) is 52.8. The number of hydrogen-bond acceptors (Lipinski definition) is 15. The van der Waals surface area contributed by atoms with Crippen LogP contribution in [0.15, 0.2) is 54.7 Å². The number of cyclic esters (lactones) is 1. The summed E-state index contributed by atoms with van der Waals surface area (Å²) >= 11 is 0. The predicted octanol–water partition coefficient (Wildman–Crippen LogP) is 5.19. The Morgan fingerprint density at radius 3 is 2.46 bits per heavy atom. The summed E-state index contributed by atoms with van der Waals surface area (Å²) in [5.74, 6) is -3.71. The van der Waals surface area contributed by atoms with E-state index in [0.29, 0.717) is 76.2 Å². The van der Waals surface area contributed by atoms with Gasteiger partial charge in [-0.1, -0.05) is 50.3 Å². The number of methoxy groups -OCH3 is 1. The Kier molecular flexibility index (Phi) is 17.8. The van der Waals surface area contributed by atoms with E-state index in [9.17, 15) is 23.9 Å². The van der Waals surface area contributed by atoms with Crippen molar-refractivity contribution in [3.8, 4) is 11.3 Å². The third-order valence-electron chi connectivity index (χ3n) is 14.3. The first-order chi connectivity index (χ1) is 32.3. The van der Waals surface area contributed by atoms with Gasteiger partial charge < -0.3 is 50.1 Å². The molecule has 0 radical (unpaired) electrons. The first-order valence-corrected chi connectivity index (χ1v) is 24.2. The zero-order valence-corrected chi connectivity index (χ0v) is 41.5. The normalized spacial score (nSPS) is 33.2. The number of hydrogen-bond donors (Lipinski definition) is 4. The van der Waals surface area contributed by atoms with Gasteiger partial charge in [0.2, 0.25) is 0 Å². The Morgan fingerprint density at radius 2 is 1.78 bits per heavy atom. The van der Waals surface area contributed by atoms with Gasteiger partial charge in [0.05, 0.1) is 30.0 Å². The second-order valence-electron chi connectivity index (χ2n) is 19.9. The third kappa shape index (κ3) is 12.2. The van der Waals surface area contributed by atoms with E-state index in [0.717, 1.165) is 11.1 Å². The number of anilines is 1. The number of aliphatic hydroxyl groups excluding tert-OH is 1. The molecule has 3 unspecified atom stereocenters. The molecule has 4 heterocycles. The number of carbonyl (C=O) groups excluding carboxylic acids is 3. The van der Waals surface area contributed by atoms with Crippen molar-refractivity contribution in [3.05, 3.63) is 66.1 Å². The van der Waals surface area contributed by atoms with Crippen molar-refractivity contribution in [2.24, 2.45) is 17.8 Å². The van der Waals surface area contributed by atoms with E-state index in [1.54, 1.807) is 35.7 Å². The summed E-state index contributed by atoms with van der Waals surface area (Å²) in [7, 11) is 5.34. The Hall–Kier alpha value is -4.56. The zero-order chi connectivity index (χ0) is 49.5. The van der Waals surface area contributed by atoms with Crippen molar-refractivity contribution < 1.29 is 47.6 Å². The summed E-state index contributed by atoms with van der Waals surface area (Å²) in [5, 5.41) is 27.5. The summed E-state index contributed by atoms with van der Waals surface area (Å²) < 4.78 is 47.5. The first-order valence-electron chi connectivity index (χ1n) is 24.2. The standard InChI is InChI=1S/C50H75FN8O9/c1-11-41-50(7)44(59(48(63)68-50)22-13-12-21-58-29-39(55-56-58)35-15-14-16-37(52)23-35)33(5)54-26-30(2)25-49(6,64-10)45(31(3)42(60)32(4)46(62)66-41)67-47-43(61)40(57(8)9)24-38(65-47)28-53-27-34-17-19-36(51)20-18-34/h14-20,23,29-33,38,40-41,43-45,47,53-54,61H,11-13,21-22,24-28,52H2,1-10H3/t30-,31+,32-,33-,38?,40?,41-,43?,44-,45-,47+,49-,50-/m1/s1. The van der Waals surface area contributed by atoms with Gasteiger partial charge in [-0.3, -0.25) is 19.2 Å². The van der Waals surface area contributed by atoms with Gasteiger partial charge in [0.25, 0.3) is 0 Å². The van der Waals surface area contributed by atoms with Crippen LogP contribution in [0.3, 0.4) is 0 Å². The van der Waals surface area contributed by atoms with Crippen molar-refractivity contribution in [3.63, 3.8) is 0 Å². The van der Waals surface area contributed by atoms with E-state index >= 15 is 0 Å². The summed E-state index contributed by atoms with van der Waals surface area (Å²) in [4.78, 5) is 46.4. The van der Waals surface area contributed by atoms with Crippen molar-refractivity contribution >= 4 is 23.5 Å². The van der Waals surface area contributed by atoms with E-state index in [4.69, 9.17) is 29.4 Å². The summed E-state index contributed by atoms with van der Waals surface area (Å²) in [6.45, 7) is 15.2. The molecule has 3 aliphatic rings. The van der Waals surface area contributed by atoms with Crippen molar-refractivity contribution in [1.82, 2.24) is 35.4 Å². The number of Topliss-reactive ketones (excluding diaryl/α,β-unsaturated/α-hetero) is 1. The SMILES string of the molecule is CC[C@H]1OC(=O)[C@H](C)C(=O)[C@H](C)[C@@H](O[C@@H]2OC(CNCc3ccc(F)cc3)CC(N(C)C)C2O)[C@](C)(OC)C[C@@H](C)CN[C@H](C)[C@H]2N(CCCCn3cc(-c4cccc(N)c4)nn3)C(=O)O[C@]12C. The summed E-state index contributed by atoms with van der Waals surface area (Å²) in [5.41, 5.74) is 6.74. The maximum atomic E-state index is 14.6. The fourth-order valence-corrected chi connectivity index (χ4v) is 10.5. The van der Waals surface area contributed by atoms with Crippen LogP contribution in [0.25, 0.3) is 11.3 Å². The second-order valence-corrected chi connectivity index (χ2v) is 19.9. The Labute approximate surface area is 400 Å². The van der Waals surface area contributed by atoms with Crippen molar-refractivity contribution in [1.29, 1.82) is 0 Å². The number of benzene rings is 2. The van der Waals surface area contributed by atoms with Crippen LogP contribution in [-0.4, -0.2) is 149 Å². The van der Waals surface area contributed by atoms with Gasteiger partial charge in [-0.15, -0.1) is 5.10 Å². The highest BCUT2D eigenvalue weighted by Crippen LogP contribution is 2.40. The van der Waals surface area contributed by atoms with Gasteiger partial charge in [-0.2, -0.15) is 0 Å². The highest BCUT2D eigenvalue weighted by Gasteiger charge is 2.59. The average Bonchev–Trinajstić information content (AvgIpc) is 3.89. The second kappa shape index (κ2) is 22.9. The number of carbonyl (C=O) groups is 3. The average molecular weight is 951 g/mol. The Balaban J connectivity index is 1.20. The number of likely N-dealkylation sites (N-methyl/N-ethyl adjacent to an activating group) is 1. The maximum Gasteiger partial charge on any atom is 0.410 e. The van der Waals surface area contributed by atoms with Gasteiger partial charge in [0, 0.05) is 62.5 Å². The fraction of sp³-hybridized carbons (Fsp3) is 0.660. The minimum Gasteiger partial charge on any atom is -0.458 e. The number of nitrogens with one attached hydrogen (secondary N) is 2. The molecule has 2 aromatic carbocycles. The molecule has 18 heteroatoms. The fourth-order valence-electron chi connectivity index (χ4n) is 10.5. The largest absolute Gasteiger partial charge is 0.458 e. The molecule has 13 atom stereocenters. The molecule has 5 N–H and O–H groups in total. The molecular formula is C50H75FN8O9. The molecule has 376 valence electrons. The number of halogens is 1. The van der Waals surface area contributed by atoms with Crippen LogP contribution < -0.4 is 16.4 Å². The lowest BCUT2D eigenvalue weighted by molar-refractivity contribution is -0.297. The van der Waals surface area contributed by atoms with Crippen LogP contribution >= 0.6 is 0 Å². The van der Waals surface area contributed by atoms with E-state index in [1.165, 1.54) is 19.1 Å². The van der Waals surface area contributed by atoms with Crippen LogP contribution in [0, 0.1) is 23.6 Å². The number of rotatable bonds is 15. The highest BCUT2D eigenvalue weighted by atomic mass is 19.1. The number of fused-ring (bicyclic) bond motifs is 1. The van der Waals surface area contributed by atoms with Crippen molar-refractivity contribution in [2.45, 2.75) is 154 Å². The number of aromatic nitrogens is 3. The van der Waals surface area contributed by atoms with Gasteiger partial charge in [-0.25, -0.2) is 9.18 Å². The quantitative estimate of drug-likeness (QED) is 0.0670. The number of ketones is 1. The van der Waals surface area contributed by atoms with Crippen LogP contribution in [-0.2, 0) is 46.4 Å². The van der Waals surface area contributed by atoms with Gasteiger partial charge >= 0.3 is 12.1 Å². The molecule has 1 amide bonds. The minimum atomic E-state index is -1.27. The number of unbranched alkanes of at least 4 members (excludes halogenated alkanes) is 1. The van der Waals surface area contributed by atoms with Crippen LogP contribution in [0.4, 0.5) is 14.9 Å². The van der Waals surface area contributed by atoms with E-state index in [1.807, 2.05) is 77.2 Å². The molecular weight excluding hydrogens is 876 g/mol. The van der Waals surface area contributed by atoms with Crippen LogP contribution in [0.2, 0.25) is 0 Å². The van der Waals surface area contributed by atoms with Gasteiger partial charge in [-0.05, 0) is 116 Å². The smallest absolute Gasteiger partial charge is 0.410 e. The Morgan fingerprint density at radius 1 is 1.06 bits per heavy atom. The lowest BCUT2D eigenvalue weighted by atomic mass is 9.78.